The first-order valence-corrected chi connectivity index (χ1v) is 9.36. The Morgan fingerprint density at radius 3 is 2.42 bits per heavy atom. The molecule has 3 heteroatoms. The summed E-state index contributed by atoms with van der Waals surface area (Å²) in [5.41, 5.74) is 3.68. The van der Waals surface area contributed by atoms with E-state index in [9.17, 15) is 4.79 Å². The lowest BCUT2D eigenvalue weighted by atomic mass is 9.86. The van der Waals surface area contributed by atoms with E-state index in [1.165, 1.54) is 47.2 Å². The summed E-state index contributed by atoms with van der Waals surface area (Å²) in [5.74, 6) is 0. The van der Waals surface area contributed by atoms with E-state index in [0.717, 1.165) is 0 Å². The fourth-order valence-corrected chi connectivity index (χ4v) is 3.91. The largest absolute Gasteiger partial charge is 0.367 e. The molecular formula is C23H20ClNO. The van der Waals surface area contributed by atoms with Gasteiger partial charge >= 0.3 is 0 Å². The second-order valence-electron chi connectivity index (χ2n) is 6.67. The van der Waals surface area contributed by atoms with E-state index in [-0.39, 0.29) is 0 Å². The maximum atomic E-state index is 10.3. The Morgan fingerprint density at radius 2 is 1.65 bits per heavy atom. The summed E-state index contributed by atoms with van der Waals surface area (Å²) in [6.45, 7) is 0. The Kier molecular flexibility index (Phi) is 4.77. The van der Waals surface area contributed by atoms with Crippen molar-refractivity contribution in [1.82, 2.24) is 4.98 Å². The molecule has 130 valence electrons. The first kappa shape index (κ1) is 16.9. The van der Waals surface area contributed by atoms with E-state index in [0.29, 0.717) is 5.56 Å². The van der Waals surface area contributed by atoms with Crippen molar-refractivity contribution >= 4 is 38.4 Å². The van der Waals surface area contributed by atoms with E-state index in [1.807, 2.05) is 0 Å². The Hall–Kier alpha value is -2.58. The van der Waals surface area contributed by atoms with Crippen LogP contribution in [-0.4, -0.2) is 10.2 Å². The van der Waals surface area contributed by atoms with Gasteiger partial charge < -0.3 is 4.98 Å². The highest BCUT2D eigenvalue weighted by molar-refractivity contribution is 6.67. The molecule has 1 heterocycles. The van der Waals surface area contributed by atoms with Crippen LogP contribution in [0.25, 0.3) is 21.5 Å². The molecule has 1 aliphatic carbocycles. The molecule has 0 aliphatic heterocycles. The lowest BCUT2D eigenvalue weighted by Gasteiger charge is -2.18. The van der Waals surface area contributed by atoms with Crippen LogP contribution in [0.3, 0.4) is 0 Å². The van der Waals surface area contributed by atoms with Gasteiger partial charge in [-0.05, 0) is 76.0 Å². The molecule has 0 radical (unpaired) electrons. The van der Waals surface area contributed by atoms with Crippen LogP contribution >= 0.6 is 11.6 Å². The van der Waals surface area contributed by atoms with Crippen molar-refractivity contribution in [3.63, 3.8) is 0 Å². The summed E-state index contributed by atoms with van der Waals surface area (Å²) in [5, 5.41) is 5.22. The minimum Gasteiger partial charge on any atom is -0.367 e. The van der Waals surface area contributed by atoms with E-state index in [2.05, 4.69) is 53.5 Å². The Labute approximate surface area is 157 Å². The highest BCUT2D eigenvalue weighted by Gasteiger charge is 2.13. The standard InChI is InChI=1S/C18H16.C5H4ClNO/c1-3-7-15-13(5-1)9-11-18-16-8-4-2-6-14(16)10-12-17(15)18;6-5(8)4-1-2-7-3-4/h1,3,5,7,9-12H,2,4,6,8H2;1-3,7H. The minimum absolute atomic E-state index is 0.425. The predicted molar refractivity (Wildman–Crippen MR) is 109 cm³/mol. The highest BCUT2D eigenvalue weighted by atomic mass is 35.5. The van der Waals surface area contributed by atoms with Crippen molar-refractivity contribution in [2.75, 3.05) is 0 Å². The number of benzene rings is 3. The van der Waals surface area contributed by atoms with Crippen molar-refractivity contribution in [2.24, 2.45) is 0 Å². The molecule has 1 N–H and O–H groups in total. The second kappa shape index (κ2) is 7.35. The van der Waals surface area contributed by atoms with Crippen LogP contribution in [-0.2, 0) is 12.8 Å². The molecule has 5 rings (SSSR count). The van der Waals surface area contributed by atoms with Crippen LogP contribution in [0.5, 0.6) is 0 Å². The number of H-pyrrole nitrogens is 1. The lowest BCUT2D eigenvalue weighted by molar-refractivity contribution is 0.108. The summed E-state index contributed by atoms with van der Waals surface area (Å²) < 4.78 is 0. The van der Waals surface area contributed by atoms with Gasteiger partial charge in [0.2, 0.25) is 0 Å². The van der Waals surface area contributed by atoms with Crippen LogP contribution in [0.4, 0.5) is 0 Å². The molecular weight excluding hydrogens is 342 g/mol. The van der Waals surface area contributed by atoms with Crippen molar-refractivity contribution in [1.29, 1.82) is 0 Å². The van der Waals surface area contributed by atoms with Crippen LogP contribution in [0.2, 0.25) is 0 Å². The number of fused-ring (bicyclic) bond motifs is 5. The zero-order chi connectivity index (χ0) is 17.9. The molecule has 26 heavy (non-hydrogen) atoms. The molecule has 0 saturated heterocycles. The van der Waals surface area contributed by atoms with Gasteiger partial charge in [0.05, 0.1) is 5.56 Å². The van der Waals surface area contributed by atoms with Gasteiger partial charge in [0, 0.05) is 12.4 Å². The number of aromatic amines is 1. The van der Waals surface area contributed by atoms with Gasteiger partial charge in [-0.2, -0.15) is 0 Å². The van der Waals surface area contributed by atoms with E-state index >= 15 is 0 Å². The summed E-state index contributed by atoms with van der Waals surface area (Å²) >= 11 is 5.09. The number of aryl methyl sites for hydroxylation is 2. The van der Waals surface area contributed by atoms with E-state index in [1.54, 1.807) is 29.6 Å². The Morgan fingerprint density at radius 1 is 0.846 bits per heavy atom. The fourth-order valence-electron chi connectivity index (χ4n) is 3.79. The molecule has 2 nitrogen and oxygen atoms in total. The number of nitrogens with one attached hydrogen (secondary N) is 1. The SMILES string of the molecule is O=C(Cl)c1cc[nH]c1.c1ccc2c(c1)ccc1c3c(ccc12)CCCC3. The third-order valence-corrected chi connectivity index (χ3v) is 5.30. The van der Waals surface area contributed by atoms with Crippen molar-refractivity contribution < 1.29 is 4.79 Å². The van der Waals surface area contributed by atoms with Gasteiger partial charge in [0.25, 0.3) is 5.24 Å². The van der Waals surface area contributed by atoms with Crippen LogP contribution in [0.1, 0.15) is 34.3 Å². The maximum absolute atomic E-state index is 10.3. The number of carbonyl (C=O) groups excluding carboxylic acids is 1. The zero-order valence-corrected chi connectivity index (χ0v) is 15.2. The number of hydrogen-bond donors (Lipinski definition) is 1. The number of halogens is 1. The van der Waals surface area contributed by atoms with Gasteiger partial charge in [-0.3, -0.25) is 4.79 Å². The van der Waals surface area contributed by atoms with E-state index < -0.39 is 5.24 Å². The van der Waals surface area contributed by atoms with Crippen LogP contribution in [0, 0.1) is 0 Å². The maximum Gasteiger partial charge on any atom is 0.253 e. The second-order valence-corrected chi connectivity index (χ2v) is 7.01. The molecule has 0 unspecified atom stereocenters. The fraction of sp³-hybridized carbons (Fsp3) is 0.174. The molecule has 0 amide bonds. The molecule has 0 fully saturated rings. The normalized spacial score (nSPS) is 13.1. The molecule has 0 bridgehead atoms. The Bertz CT molecular complexity index is 1070. The third kappa shape index (κ3) is 3.25. The number of rotatable bonds is 1. The minimum atomic E-state index is -0.425. The van der Waals surface area contributed by atoms with Gasteiger partial charge in [0.15, 0.2) is 0 Å². The van der Waals surface area contributed by atoms with Gasteiger partial charge in [-0.25, -0.2) is 0 Å². The van der Waals surface area contributed by atoms with Gasteiger partial charge in [-0.15, -0.1) is 0 Å². The molecule has 1 aliphatic rings. The summed E-state index contributed by atoms with van der Waals surface area (Å²) in [6.07, 6.45) is 8.42. The average molecular weight is 362 g/mol. The van der Waals surface area contributed by atoms with Crippen LogP contribution < -0.4 is 0 Å². The smallest absolute Gasteiger partial charge is 0.253 e. The first-order chi connectivity index (χ1) is 12.7. The molecule has 0 spiro atoms. The molecule has 3 aromatic carbocycles. The van der Waals surface area contributed by atoms with Crippen molar-refractivity contribution in [3.8, 4) is 0 Å². The van der Waals surface area contributed by atoms with Crippen molar-refractivity contribution in [2.45, 2.75) is 25.7 Å². The van der Waals surface area contributed by atoms with Crippen molar-refractivity contribution in [3.05, 3.63) is 83.7 Å². The Balaban J connectivity index is 0.000000178. The van der Waals surface area contributed by atoms with E-state index in [4.69, 9.17) is 11.6 Å². The zero-order valence-electron chi connectivity index (χ0n) is 14.5. The molecule has 4 aromatic rings. The van der Waals surface area contributed by atoms with Crippen LogP contribution in [0.15, 0.2) is 67.0 Å². The monoisotopic (exact) mass is 361 g/mol. The van der Waals surface area contributed by atoms with Gasteiger partial charge in [0.1, 0.15) is 0 Å². The highest BCUT2D eigenvalue weighted by Crippen LogP contribution is 2.33. The summed E-state index contributed by atoms with van der Waals surface area (Å²) in [4.78, 5) is 13.0. The average Bonchev–Trinajstić information content (AvgIpc) is 3.23. The molecule has 1 aromatic heterocycles. The molecule has 0 atom stereocenters. The predicted octanol–water partition coefficient (Wildman–Crippen LogP) is 6.27. The van der Waals surface area contributed by atoms with Gasteiger partial charge in [-0.1, -0.05) is 48.5 Å². The third-order valence-electron chi connectivity index (χ3n) is 5.08. The topological polar surface area (TPSA) is 32.9 Å². The summed E-state index contributed by atoms with van der Waals surface area (Å²) in [6, 6.07) is 19.6. The lowest BCUT2D eigenvalue weighted by Crippen LogP contribution is -2.02. The number of aromatic nitrogens is 1. The summed E-state index contributed by atoms with van der Waals surface area (Å²) in [7, 11) is 0. The number of carbonyl (C=O) groups is 1. The first-order valence-electron chi connectivity index (χ1n) is 8.99. The number of hydrogen-bond acceptors (Lipinski definition) is 1. The quantitative estimate of drug-likeness (QED) is 0.314. The molecule has 0 saturated carbocycles.